The molecule has 1 aliphatic heterocycles. The first-order valence-corrected chi connectivity index (χ1v) is 9.57. The third kappa shape index (κ3) is 7.62. The van der Waals surface area contributed by atoms with Crippen LogP contribution in [-0.4, -0.2) is 62.4 Å². The molecule has 0 saturated carbocycles. The molecule has 1 heterocycles. The maximum atomic E-state index is 6.06. The van der Waals surface area contributed by atoms with E-state index in [0.717, 1.165) is 63.2 Å². The molecule has 26 heavy (non-hydrogen) atoms. The normalized spacial score (nSPS) is 16.4. The summed E-state index contributed by atoms with van der Waals surface area (Å²) >= 11 is 0. The van der Waals surface area contributed by atoms with Crippen LogP contribution in [0.15, 0.2) is 29.3 Å². The van der Waals surface area contributed by atoms with Crippen LogP contribution in [0.25, 0.3) is 0 Å². The molecule has 6 heteroatoms. The van der Waals surface area contributed by atoms with Gasteiger partial charge in [0.2, 0.25) is 0 Å². The Hall–Kier alpha value is -1.79. The highest BCUT2D eigenvalue weighted by atomic mass is 16.5. The van der Waals surface area contributed by atoms with E-state index in [0.29, 0.717) is 6.54 Å². The molecule has 0 bridgehead atoms. The fourth-order valence-corrected chi connectivity index (χ4v) is 2.73. The quantitative estimate of drug-likeness (QED) is 0.576. The average Bonchev–Trinajstić information content (AvgIpc) is 2.60. The van der Waals surface area contributed by atoms with Gasteiger partial charge in [0, 0.05) is 38.3 Å². The van der Waals surface area contributed by atoms with Gasteiger partial charge in [-0.05, 0) is 33.8 Å². The van der Waals surface area contributed by atoms with E-state index in [1.807, 2.05) is 18.2 Å². The van der Waals surface area contributed by atoms with E-state index in [1.165, 1.54) is 0 Å². The number of hydrogen-bond acceptors (Lipinski definition) is 4. The van der Waals surface area contributed by atoms with Crippen LogP contribution < -0.4 is 15.4 Å². The summed E-state index contributed by atoms with van der Waals surface area (Å²) in [7, 11) is 0. The van der Waals surface area contributed by atoms with Gasteiger partial charge in [-0.15, -0.1) is 0 Å². The highest BCUT2D eigenvalue weighted by molar-refractivity contribution is 5.79. The number of guanidine groups is 1. The minimum Gasteiger partial charge on any atom is -0.488 e. The van der Waals surface area contributed by atoms with Crippen LogP contribution in [0.2, 0.25) is 0 Å². The van der Waals surface area contributed by atoms with Crippen molar-refractivity contribution in [1.82, 2.24) is 15.5 Å². The summed E-state index contributed by atoms with van der Waals surface area (Å²) in [5.41, 5.74) is 0.869. The lowest BCUT2D eigenvalue weighted by Crippen LogP contribution is -2.44. The van der Waals surface area contributed by atoms with Crippen LogP contribution >= 0.6 is 0 Å². The molecule has 2 rings (SSSR count). The predicted molar refractivity (Wildman–Crippen MR) is 107 cm³/mol. The Morgan fingerprint density at radius 1 is 1.19 bits per heavy atom. The summed E-state index contributed by atoms with van der Waals surface area (Å²) in [5.74, 6) is 1.74. The van der Waals surface area contributed by atoms with E-state index in [2.05, 4.69) is 49.3 Å². The fraction of sp³-hybridized carbons (Fsp3) is 0.650. The van der Waals surface area contributed by atoms with Crippen molar-refractivity contribution < 1.29 is 9.47 Å². The Morgan fingerprint density at radius 3 is 2.62 bits per heavy atom. The molecular formula is C20H34N4O2. The van der Waals surface area contributed by atoms with E-state index in [1.54, 1.807) is 0 Å². The van der Waals surface area contributed by atoms with Gasteiger partial charge < -0.3 is 20.1 Å². The number of morpholine rings is 1. The first-order chi connectivity index (χ1) is 12.5. The average molecular weight is 363 g/mol. The lowest BCUT2D eigenvalue weighted by Gasteiger charge is -2.26. The van der Waals surface area contributed by atoms with Crippen LogP contribution in [0.4, 0.5) is 0 Å². The second-order valence-corrected chi connectivity index (χ2v) is 7.40. The van der Waals surface area contributed by atoms with E-state index in [-0.39, 0.29) is 5.60 Å². The molecule has 1 saturated heterocycles. The van der Waals surface area contributed by atoms with E-state index in [9.17, 15) is 0 Å². The van der Waals surface area contributed by atoms with Crippen molar-refractivity contribution in [3.63, 3.8) is 0 Å². The van der Waals surface area contributed by atoms with Gasteiger partial charge in [0.05, 0.1) is 19.8 Å². The van der Waals surface area contributed by atoms with Crippen LogP contribution in [0.1, 0.15) is 33.3 Å². The van der Waals surface area contributed by atoms with Crippen molar-refractivity contribution in [3.8, 4) is 5.75 Å². The van der Waals surface area contributed by atoms with Crippen LogP contribution in [0.3, 0.4) is 0 Å². The SMILES string of the molecule is CCNC(=NCc1ccccc1OC(C)(C)C)NCCN1CCOCC1. The van der Waals surface area contributed by atoms with Gasteiger partial charge in [-0.1, -0.05) is 18.2 Å². The number of ether oxygens (including phenoxy) is 2. The molecule has 0 unspecified atom stereocenters. The highest BCUT2D eigenvalue weighted by Crippen LogP contribution is 2.23. The topological polar surface area (TPSA) is 58.1 Å². The molecule has 146 valence electrons. The molecule has 0 spiro atoms. The minimum atomic E-state index is -0.222. The number of benzene rings is 1. The largest absolute Gasteiger partial charge is 0.488 e. The summed E-state index contributed by atoms with van der Waals surface area (Å²) in [6, 6.07) is 8.11. The minimum absolute atomic E-state index is 0.222. The fourth-order valence-electron chi connectivity index (χ4n) is 2.73. The van der Waals surface area contributed by atoms with Crippen LogP contribution in [-0.2, 0) is 11.3 Å². The summed E-state index contributed by atoms with van der Waals surface area (Å²) in [5, 5.41) is 6.73. The van der Waals surface area contributed by atoms with Crippen molar-refractivity contribution in [2.24, 2.45) is 4.99 Å². The van der Waals surface area contributed by atoms with Gasteiger partial charge in [-0.25, -0.2) is 4.99 Å². The molecule has 1 aromatic carbocycles. The molecule has 0 atom stereocenters. The smallest absolute Gasteiger partial charge is 0.191 e. The molecule has 1 fully saturated rings. The van der Waals surface area contributed by atoms with Crippen molar-refractivity contribution in [3.05, 3.63) is 29.8 Å². The molecule has 1 aromatic rings. The van der Waals surface area contributed by atoms with Crippen molar-refractivity contribution >= 4 is 5.96 Å². The second-order valence-electron chi connectivity index (χ2n) is 7.40. The first kappa shape index (κ1) is 20.5. The first-order valence-electron chi connectivity index (χ1n) is 9.57. The summed E-state index contributed by atoms with van der Waals surface area (Å²) in [4.78, 5) is 7.14. The predicted octanol–water partition coefficient (Wildman–Crippen LogP) is 2.25. The zero-order valence-corrected chi connectivity index (χ0v) is 16.7. The lowest BCUT2D eigenvalue weighted by molar-refractivity contribution is 0.0389. The molecule has 0 radical (unpaired) electrons. The standard InChI is InChI=1S/C20H34N4O2/c1-5-21-19(22-10-11-24-12-14-25-15-13-24)23-16-17-8-6-7-9-18(17)26-20(2,3)4/h6-9H,5,10-16H2,1-4H3,(H2,21,22,23). The van der Waals surface area contributed by atoms with Gasteiger partial charge in [0.1, 0.15) is 11.4 Å². The van der Waals surface area contributed by atoms with E-state index < -0.39 is 0 Å². The summed E-state index contributed by atoms with van der Waals surface area (Å²) in [6.45, 7) is 15.2. The zero-order chi connectivity index (χ0) is 18.8. The lowest BCUT2D eigenvalue weighted by atomic mass is 10.1. The zero-order valence-electron chi connectivity index (χ0n) is 16.7. The Balaban J connectivity index is 1.91. The molecule has 0 aliphatic carbocycles. The summed E-state index contributed by atoms with van der Waals surface area (Å²) in [6.07, 6.45) is 0. The number of nitrogens with zero attached hydrogens (tertiary/aromatic N) is 2. The number of hydrogen-bond donors (Lipinski definition) is 2. The number of aliphatic imine (C=N–C) groups is 1. The van der Waals surface area contributed by atoms with Crippen molar-refractivity contribution in [2.45, 2.75) is 39.8 Å². The van der Waals surface area contributed by atoms with Gasteiger partial charge in [0.25, 0.3) is 0 Å². The second kappa shape index (κ2) is 10.4. The molecule has 0 amide bonds. The Morgan fingerprint density at radius 2 is 1.92 bits per heavy atom. The maximum absolute atomic E-state index is 6.06. The molecular weight excluding hydrogens is 328 g/mol. The Bertz CT molecular complexity index is 563. The monoisotopic (exact) mass is 362 g/mol. The maximum Gasteiger partial charge on any atom is 0.191 e. The van der Waals surface area contributed by atoms with Crippen LogP contribution in [0, 0.1) is 0 Å². The van der Waals surface area contributed by atoms with Crippen molar-refractivity contribution in [1.29, 1.82) is 0 Å². The third-order valence-electron chi connectivity index (χ3n) is 3.96. The van der Waals surface area contributed by atoms with E-state index >= 15 is 0 Å². The summed E-state index contributed by atoms with van der Waals surface area (Å²) < 4.78 is 11.4. The molecule has 6 nitrogen and oxygen atoms in total. The molecule has 1 aliphatic rings. The van der Waals surface area contributed by atoms with E-state index in [4.69, 9.17) is 14.5 Å². The molecule has 0 aromatic heterocycles. The molecule has 2 N–H and O–H groups in total. The number of para-hydroxylation sites is 1. The highest BCUT2D eigenvalue weighted by Gasteiger charge is 2.14. The van der Waals surface area contributed by atoms with Gasteiger partial charge in [-0.3, -0.25) is 4.90 Å². The van der Waals surface area contributed by atoms with Gasteiger partial charge >= 0.3 is 0 Å². The number of nitrogens with one attached hydrogen (secondary N) is 2. The van der Waals surface area contributed by atoms with Gasteiger partial charge in [-0.2, -0.15) is 0 Å². The van der Waals surface area contributed by atoms with Crippen molar-refractivity contribution in [2.75, 3.05) is 45.9 Å². The van der Waals surface area contributed by atoms with Gasteiger partial charge in [0.15, 0.2) is 5.96 Å². The van der Waals surface area contributed by atoms with Crippen LogP contribution in [0.5, 0.6) is 5.75 Å². The Kier molecular flexibility index (Phi) is 8.19. The Labute approximate surface area is 158 Å². The number of rotatable bonds is 7. The third-order valence-corrected chi connectivity index (χ3v) is 3.96.